The van der Waals surface area contributed by atoms with E-state index in [1.54, 1.807) is 0 Å². The van der Waals surface area contributed by atoms with E-state index >= 15 is 0 Å². The van der Waals surface area contributed by atoms with Gasteiger partial charge < -0.3 is 15.3 Å². The lowest BCUT2D eigenvalue weighted by Gasteiger charge is -2.22. The molecule has 1 aliphatic rings. The first kappa shape index (κ1) is 13.9. The van der Waals surface area contributed by atoms with Crippen molar-refractivity contribution in [3.05, 3.63) is 29.8 Å². The summed E-state index contributed by atoms with van der Waals surface area (Å²) < 4.78 is 0. The predicted octanol–water partition coefficient (Wildman–Crippen LogP) is 1.89. The van der Waals surface area contributed by atoms with E-state index in [9.17, 15) is 4.79 Å². The number of nitrogens with one attached hydrogen (secondary N) is 1. The van der Waals surface area contributed by atoms with Crippen molar-refractivity contribution >= 4 is 11.7 Å². The zero-order valence-electron chi connectivity index (χ0n) is 11.4. The Morgan fingerprint density at radius 3 is 3.00 bits per heavy atom. The van der Waals surface area contributed by atoms with Gasteiger partial charge in [-0.15, -0.1) is 0 Å². The van der Waals surface area contributed by atoms with E-state index in [1.165, 1.54) is 11.3 Å². The third-order valence-corrected chi connectivity index (χ3v) is 3.67. The molecular formula is C15H22N2O2. The molecule has 1 saturated heterocycles. The summed E-state index contributed by atoms with van der Waals surface area (Å²) in [6, 6.07) is 8.93. The Balaban J connectivity index is 1.89. The topological polar surface area (TPSA) is 52.6 Å². The molecule has 1 atom stereocenters. The Bertz CT molecular complexity index is 434. The molecule has 0 saturated carbocycles. The molecule has 19 heavy (non-hydrogen) atoms. The Labute approximate surface area is 114 Å². The number of rotatable bonds is 6. The minimum atomic E-state index is -0.737. The minimum Gasteiger partial charge on any atom is -0.481 e. The largest absolute Gasteiger partial charge is 0.481 e. The number of benzene rings is 1. The molecular weight excluding hydrogens is 240 g/mol. The molecule has 4 nitrogen and oxygen atoms in total. The van der Waals surface area contributed by atoms with Crippen molar-refractivity contribution in [1.29, 1.82) is 0 Å². The fraction of sp³-hybridized carbons (Fsp3) is 0.533. The molecule has 1 aromatic carbocycles. The molecule has 0 aromatic heterocycles. The second-order valence-electron chi connectivity index (χ2n) is 5.01. The van der Waals surface area contributed by atoms with Crippen molar-refractivity contribution < 1.29 is 9.90 Å². The van der Waals surface area contributed by atoms with E-state index < -0.39 is 5.97 Å². The zero-order valence-corrected chi connectivity index (χ0v) is 11.4. The number of carboxylic acids is 1. The van der Waals surface area contributed by atoms with Crippen molar-refractivity contribution in [2.75, 3.05) is 24.5 Å². The van der Waals surface area contributed by atoms with Gasteiger partial charge in [0, 0.05) is 31.4 Å². The lowest BCUT2D eigenvalue weighted by Crippen LogP contribution is -2.34. The number of carboxylic acid groups (broad SMARTS) is 1. The summed E-state index contributed by atoms with van der Waals surface area (Å²) in [6.07, 6.45) is 2.32. The van der Waals surface area contributed by atoms with Crippen LogP contribution in [0.25, 0.3) is 0 Å². The highest BCUT2D eigenvalue weighted by atomic mass is 16.4. The van der Waals surface area contributed by atoms with Gasteiger partial charge in [0.25, 0.3) is 0 Å². The smallest absolute Gasteiger partial charge is 0.304 e. The minimum absolute atomic E-state index is 0.196. The van der Waals surface area contributed by atoms with Gasteiger partial charge in [-0.1, -0.05) is 25.1 Å². The average molecular weight is 262 g/mol. The summed E-state index contributed by atoms with van der Waals surface area (Å²) in [4.78, 5) is 12.9. The molecule has 1 aromatic rings. The maximum Gasteiger partial charge on any atom is 0.304 e. The predicted molar refractivity (Wildman–Crippen MR) is 76.7 cm³/mol. The van der Waals surface area contributed by atoms with Crippen LogP contribution >= 0.6 is 0 Å². The number of hydrogen-bond donors (Lipinski definition) is 2. The van der Waals surface area contributed by atoms with Crippen molar-refractivity contribution in [3.8, 4) is 0 Å². The van der Waals surface area contributed by atoms with Crippen LogP contribution in [0, 0.1) is 0 Å². The molecule has 1 aliphatic heterocycles. The summed E-state index contributed by atoms with van der Waals surface area (Å²) in [5.41, 5.74) is 2.71. The van der Waals surface area contributed by atoms with Gasteiger partial charge in [-0.05, 0) is 24.5 Å². The molecule has 1 heterocycles. The van der Waals surface area contributed by atoms with Crippen LogP contribution in [-0.4, -0.2) is 36.8 Å². The lowest BCUT2D eigenvalue weighted by atomic mass is 10.1. The van der Waals surface area contributed by atoms with Crippen molar-refractivity contribution in [2.24, 2.45) is 0 Å². The summed E-state index contributed by atoms with van der Waals surface area (Å²) in [5.74, 6) is -0.737. The molecule has 1 unspecified atom stereocenters. The fourth-order valence-corrected chi connectivity index (χ4v) is 2.65. The van der Waals surface area contributed by atoms with Crippen LogP contribution in [-0.2, 0) is 11.2 Å². The highest BCUT2D eigenvalue weighted by Crippen LogP contribution is 2.24. The molecule has 0 amide bonds. The van der Waals surface area contributed by atoms with Crippen molar-refractivity contribution in [2.45, 2.75) is 32.2 Å². The lowest BCUT2D eigenvalue weighted by molar-refractivity contribution is -0.136. The van der Waals surface area contributed by atoms with Gasteiger partial charge in [0.2, 0.25) is 0 Å². The number of para-hydroxylation sites is 1. The number of aliphatic carboxylic acids is 1. The second kappa shape index (κ2) is 6.57. The average Bonchev–Trinajstić information content (AvgIpc) is 2.87. The number of nitrogens with zero attached hydrogens (tertiary/aromatic N) is 1. The molecule has 0 aliphatic carbocycles. The first-order chi connectivity index (χ1) is 9.20. The van der Waals surface area contributed by atoms with Gasteiger partial charge in [0.1, 0.15) is 0 Å². The van der Waals surface area contributed by atoms with Gasteiger partial charge in [-0.25, -0.2) is 0 Å². The van der Waals surface area contributed by atoms with Gasteiger partial charge in [0.05, 0.1) is 6.42 Å². The molecule has 2 N–H and O–H groups in total. The van der Waals surface area contributed by atoms with Gasteiger partial charge >= 0.3 is 5.97 Å². The number of carbonyl (C=O) groups is 1. The van der Waals surface area contributed by atoms with E-state index in [4.69, 9.17) is 5.11 Å². The van der Waals surface area contributed by atoms with Gasteiger partial charge in [-0.2, -0.15) is 0 Å². The molecule has 2 rings (SSSR count). The third kappa shape index (κ3) is 3.70. The molecule has 4 heteroatoms. The van der Waals surface area contributed by atoms with Crippen LogP contribution < -0.4 is 10.2 Å². The van der Waals surface area contributed by atoms with E-state index in [0.29, 0.717) is 12.6 Å². The quantitative estimate of drug-likeness (QED) is 0.822. The first-order valence-electron chi connectivity index (χ1n) is 6.98. The highest BCUT2D eigenvalue weighted by Gasteiger charge is 2.23. The van der Waals surface area contributed by atoms with Gasteiger partial charge in [-0.3, -0.25) is 4.79 Å². The zero-order chi connectivity index (χ0) is 13.7. The van der Waals surface area contributed by atoms with E-state index in [1.807, 2.05) is 0 Å². The first-order valence-corrected chi connectivity index (χ1v) is 6.98. The molecule has 0 bridgehead atoms. The molecule has 0 spiro atoms. The summed E-state index contributed by atoms with van der Waals surface area (Å²) in [6.45, 7) is 4.75. The highest BCUT2D eigenvalue weighted by molar-refractivity contribution is 5.66. The van der Waals surface area contributed by atoms with Crippen LogP contribution in [0.2, 0.25) is 0 Å². The standard InChI is InChI=1S/C15H22N2O2/c1-2-12-5-3-4-6-14(12)17-10-8-13(11-17)16-9-7-15(18)19/h3-6,13,16H,2,7-11H2,1H3,(H,18,19). The van der Waals surface area contributed by atoms with Gasteiger partial charge in [0.15, 0.2) is 0 Å². The SMILES string of the molecule is CCc1ccccc1N1CCC(NCCC(=O)O)C1. The number of anilines is 1. The van der Waals surface area contributed by atoms with Crippen LogP contribution in [0.3, 0.4) is 0 Å². The summed E-state index contributed by atoms with van der Waals surface area (Å²) >= 11 is 0. The molecule has 0 radical (unpaired) electrons. The Morgan fingerprint density at radius 2 is 2.26 bits per heavy atom. The Morgan fingerprint density at radius 1 is 1.47 bits per heavy atom. The maximum atomic E-state index is 10.5. The number of hydrogen-bond acceptors (Lipinski definition) is 3. The van der Waals surface area contributed by atoms with E-state index in [-0.39, 0.29) is 6.42 Å². The third-order valence-electron chi connectivity index (χ3n) is 3.67. The van der Waals surface area contributed by atoms with Crippen molar-refractivity contribution in [3.63, 3.8) is 0 Å². The Kier molecular flexibility index (Phi) is 4.80. The maximum absolute atomic E-state index is 10.5. The monoisotopic (exact) mass is 262 g/mol. The fourth-order valence-electron chi connectivity index (χ4n) is 2.65. The second-order valence-corrected chi connectivity index (χ2v) is 5.01. The van der Waals surface area contributed by atoms with Crippen LogP contribution in [0.5, 0.6) is 0 Å². The van der Waals surface area contributed by atoms with E-state index in [2.05, 4.69) is 41.4 Å². The van der Waals surface area contributed by atoms with Crippen molar-refractivity contribution in [1.82, 2.24) is 5.32 Å². The van der Waals surface area contributed by atoms with E-state index in [0.717, 1.165) is 25.9 Å². The normalized spacial score (nSPS) is 18.8. The van der Waals surface area contributed by atoms with Crippen LogP contribution in [0.15, 0.2) is 24.3 Å². The van der Waals surface area contributed by atoms with Crippen LogP contribution in [0.4, 0.5) is 5.69 Å². The summed E-state index contributed by atoms with van der Waals surface area (Å²) in [7, 11) is 0. The van der Waals surface area contributed by atoms with Crippen LogP contribution in [0.1, 0.15) is 25.3 Å². The Hall–Kier alpha value is -1.55. The number of aryl methyl sites for hydroxylation is 1. The molecule has 1 fully saturated rings. The molecule has 104 valence electrons. The summed E-state index contributed by atoms with van der Waals surface area (Å²) in [5, 5.41) is 12.0.